The zero-order chi connectivity index (χ0) is 13.0. The molecule has 0 amide bonds. The molecule has 0 radical (unpaired) electrons. The Balaban J connectivity index is 2.08. The number of hydrogen-bond donors (Lipinski definition) is 1. The van der Waals surface area contributed by atoms with E-state index in [1.807, 2.05) is 0 Å². The van der Waals surface area contributed by atoms with Gasteiger partial charge < -0.3 is 9.47 Å². The van der Waals surface area contributed by atoms with Gasteiger partial charge in [-0.25, -0.2) is 13.4 Å². The first-order valence-corrected chi connectivity index (χ1v) is 7.09. The molecule has 1 heterocycles. The third-order valence-corrected chi connectivity index (χ3v) is 4.02. The number of nitrogens with one attached hydrogen (secondary N) is 1. The second-order valence-electron chi connectivity index (χ2n) is 3.87. The second-order valence-corrected chi connectivity index (χ2v) is 5.53. The van der Waals surface area contributed by atoms with Crippen molar-refractivity contribution < 1.29 is 17.9 Å². The van der Waals surface area contributed by atoms with Gasteiger partial charge in [0.05, 0.1) is 25.2 Å². The monoisotopic (exact) mass is 272 g/mol. The van der Waals surface area contributed by atoms with Crippen molar-refractivity contribution in [1.29, 1.82) is 0 Å². The SMILES string of the molecule is COc1ccc(S(=O)(=O)NN2CCOCC2)cc1. The molecule has 1 N–H and O–H groups in total. The molecular formula is C11H16N2O4S. The molecule has 1 saturated heterocycles. The normalized spacial score (nSPS) is 17.6. The molecule has 0 spiro atoms. The molecule has 100 valence electrons. The summed E-state index contributed by atoms with van der Waals surface area (Å²) in [6.07, 6.45) is 0. The second kappa shape index (κ2) is 5.66. The van der Waals surface area contributed by atoms with Gasteiger partial charge in [-0.2, -0.15) is 0 Å². The molecular weight excluding hydrogens is 256 g/mol. The van der Waals surface area contributed by atoms with E-state index in [1.165, 1.54) is 19.2 Å². The Morgan fingerprint density at radius 2 is 1.83 bits per heavy atom. The van der Waals surface area contributed by atoms with Crippen LogP contribution in [0.2, 0.25) is 0 Å². The Labute approximate surface area is 107 Å². The molecule has 0 saturated carbocycles. The van der Waals surface area contributed by atoms with Crippen LogP contribution < -0.4 is 9.57 Å². The van der Waals surface area contributed by atoms with Crippen LogP contribution in [0.25, 0.3) is 0 Å². The van der Waals surface area contributed by atoms with Crippen LogP contribution in [-0.4, -0.2) is 46.8 Å². The summed E-state index contributed by atoms with van der Waals surface area (Å²) >= 11 is 0. The van der Waals surface area contributed by atoms with Gasteiger partial charge in [0.2, 0.25) is 0 Å². The Bertz CT molecular complexity index is 480. The number of morpholine rings is 1. The van der Waals surface area contributed by atoms with Crippen LogP contribution >= 0.6 is 0 Å². The highest BCUT2D eigenvalue weighted by molar-refractivity contribution is 7.89. The number of rotatable bonds is 4. The Morgan fingerprint density at radius 3 is 2.39 bits per heavy atom. The zero-order valence-electron chi connectivity index (χ0n) is 10.1. The Hall–Kier alpha value is -1.15. The molecule has 0 aliphatic carbocycles. The average molecular weight is 272 g/mol. The number of methoxy groups -OCH3 is 1. The van der Waals surface area contributed by atoms with Gasteiger partial charge in [-0.05, 0) is 24.3 Å². The first-order valence-electron chi connectivity index (χ1n) is 5.61. The zero-order valence-corrected chi connectivity index (χ0v) is 10.9. The maximum Gasteiger partial charge on any atom is 0.253 e. The van der Waals surface area contributed by atoms with E-state index in [1.54, 1.807) is 17.1 Å². The summed E-state index contributed by atoms with van der Waals surface area (Å²) in [6, 6.07) is 6.27. The van der Waals surface area contributed by atoms with Crippen LogP contribution in [0.15, 0.2) is 29.2 Å². The average Bonchev–Trinajstić information content (AvgIpc) is 2.39. The van der Waals surface area contributed by atoms with Crippen LogP contribution in [0.4, 0.5) is 0 Å². The number of ether oxygens (including phenoxy) is 2. The predicted octanol–water partition coefficient (Wildman–Crippen LogP) is 0.221. The molecule has 1 aliphatic heterocycles. The number of hydrogen-bond acceptors (Lipinski definition) is 5. The summed E-state index contributed by atoms with van der Waals surface area (Å²) in [6.45, 7) is 2.17. The van der Waals surface area contributed by atoms with Gasteiger partial charge in [0.1, 0.15) is 5.75 Å². The molecule has 18 heavy (non-hydrogen) atoms. The lowest BCUT2D eigenvalue weighted by molar-refractivity contribution is 0.0272. The smallest absolute Gasteiger partial charge is 0.253 e. The minimum atomic E-state index is -3.52. The van der Waals surface area contributed by atoms with Gasteiger partial charge in [0.15, 0.2) is 0 Å². The summed E-state index contributed by atoms with van der Waals surface area (Å²) in [5.74, 6) is 0.625. The highest BCUT2D eigenvalue weighted by atomic mass is 32.2. The fourth-order valence-corrected chi connectivity index (χ4v) is 2.75. The molecule has 0 atom stereocenters. The lowest BCUT2D eigenvalue weighted by Gasteiger charge is -2.26. The summed E-state index contributed by atoms with van der Waals surface area (Å²) < 4.78 is 34.3. The van der Waals surface area contributed by atoms with E-state index in [2.05, 4.69) is 4.83 Å². The molecule has 6 nitrogen and oxygen atoms in total. The fraction of sp³-hybridized carbons (Fsp3) is 0.455. The number of nitrogens with zero attached hydrogens (tertiary/aromatic N) is 1. The summed E-state index contributed by atoms with van der Waals surface area (Å²) in [5.41, 5.74) is 0. The van der Waals surface area contributed by atoms with Crippen LogP contribution in [-0.2, 0) is 14.8 Å². The van der Waals surface area contributed by atoms with E-state index < -0.39 is 10.0 Å². The number of hydrazine groups is 1. The molecule has 1 aliphatic rings. The third kappa shape index (κ3) is 3.20. The lowest BCUT2D eigenvalue weighted by Crippen LogP contribution is -2.48. The van der Waals surface area contributed by atoms with Gasteiger partial charge >= 0.3 is 0 Å². The van der Waals surface area contributed by atoms with Crippen molar-refractivity contribution in [2.45, 2.75) is 4.90 Å². The van der Waals surface area contributed by atoms with E-state index in [0.717, 1.165) is 0 Å². The van der Waals surface area contributed by atoms with Crippen LogP contribution in [0.3, 0.4) is 0 Å². The number of sulfonamides is 1. The van der Waals surface area contributed by atoms with Crippen LogP contribution in [0.1, 0.15) is 0 Å². The minimum absolute atomic E-state index is 0.217. The summed E-state index contributed by atoms with van der Waals surface area (Å²) in [7, 11) is -1.98. The van der Waals surface area contributed by atoms with E-state index in [0.29, 0.717) is 32.1 Å². The van der Waals surface area contributed by atoms with Gasteiger partial charge in [-0.15, -0.1) is 4.83 Å². The van der Waals surface area contributed by atoms with Crippen LogP contribution in [0, 0.1) is 0 Å². The maximum absolute atomic E-state index is 12.1. The molecule has 7 heteroatoms. The van der Waals surface area contributed by atoms with Crippen molar-refractivity contribution in [3.63, 3.8) is 0 Å². The van der Waals surface area contributed by atoms with Crippen LogP contribution in [0.5, 0.6) is 5.75 Å². The summed E-state index contributed by atoms with van der Waals surface area (Å²) in [4.78, 5) is 2.75. The third-order valence-electron chi connectivity index (χ3n) is 2.63. The first kappa shape index (κ1) is 13.3. The van der Waals surface area contributed by atoms with Crippen molar-refractivity contribution in [2.75, 3.05) is 33.4 Å². The van der Waals surface area contributed by atoms with E-state index in [9.17, 15) is 8.42 Å². The van der Waals surface area contributed by atoms with Gasteiger partial charge in [-0.1, -0.05) is 0 Å². The standard InChI is InChI=1S/C11H16N2O4S/c1-16-10-2-4-11(5-3-10)18(14,15)12-13-6-8-17-9-7-13/h2-5,12H,6-9H2,1H3. The highest BCUT2D eigenvalue weighted by Crippen LogP contribution is 2.15. The fourth-order valence-electron chi connectivity index (χ4n) is 1.63. The number of benzene rings is 1. The Kier molecular flexibility index (Phi) is 4.18. The molecule has 0 bridgehead atoms. The van der Waals surface area contributed by atoms with Gasteiger partial charge in [-0.3, -0.25) is 0 Å². The minimum Gasteiger partial charge on any atom is -0.497 e. The predicted molar refractivity (Wildman–Crippen MR) is 65.7 cm³/mol. The highest BCUT2D eigenvalue weighted by Gasteiger charge is 2.19. The quantitative estimate of drug-likeness (QED) is 0.849. The van der Waals surface area contributed by atoms with Crippen molar-refractivity contribution >= 4 is 10.0 Å². The Morgan fingerprint density at radius 1 is 1.22 bits per heavy atom. The van der Waals surface area contributed by atoms with Crippen molar-refractivity contribution in [3.05, 3.63) is 24.3 Å². The summed E-state index contributed by atoms with van der Waals surface area (Å²) in [5, 5.41) is 1.64. The van der Waals surface area contributed by atoms with Crippen molar-refractivity contribution in [3.8, 4) is 5.75 Å². The maximum atomic E-state index is 12.1. The lowest BCUT2D eigenvalue weighted by atomic mass is 10.3. The molecule has 1 aromatic rings. The molecule has 0 unspecified atom stereocenters. The van der Waals surface area contributed by atoms with Crippen molar-refractivity contribution in [1.82, 2.24) is 9.84 Å². The molecule has 2 rings (SSSR count). The molecule has 1 aromatic carbocycles. The van der Waals surface area contributed by atoms with E-state index in [4.69, 9.17) is 9.47 Å². The largest absolute Gasteiger partial charge is 0.497 e. The van der Waals surface area contributed by atoms with Crippen molar-refractivity contribution in [2.24, 2.45) is 0 Å². The topological polar surface area (TPSA) is 67.9 Å². The van der Waals surface area contributed by atoms with E-state index in [-0.39, 0.29) is 4.90 Å². The van der Waals surface area contributed by atoms with Gasteiger partial charge in [0, 0.05) is 13.1 Å². The molecule has 1 fully saturated rings. The van der Waals surface area contributed by atoms with Gasteiger partial charge in [0.25, 0.3) is 10.0 Å². The van der Waals surface area contributed by atoms with E-state index >= 15 is 0 Å². The molecule has 0 aromatic heterocycles. The first-order chi connectivity index (χ1) is 8.62.